The van der Waals surface area contributed by atoms with E-state index in [-0.39, 0.29) is 0 Å². The van der Waals surface area contributed by atoms with E-state index in [9.17, 15) is 0 Å². The number of fused-ring (bicyclic) bond motifs is 5. The minimum atomic E-state index is 0.390. The number of aromatic nitrogens is 4. The zero-order chi connectivity index (χ0) is 12.3. The first kappa shape index (κ1) is 10.7. The van der Waals surface area contributed by atoms with Gasteiger partial charge in [0.05, 0.1) is 5.39 Å². The molecule has 4 rings (SSSR count). The smallest absolute Gasteiger partial charge is 0.214 e. The second-order valence-electron chi connectivity index (χ2n) is 4.91. The van der Waals surface area contributed by atoms with Crippen LogP contribution in [0.4, 0.5) is 0 Å². The minimum absolute atomic E-state index is 0.390. The maximum absolute atomic E-state index is 6.13. The molecule has 18 heavy (non-hydrogen) atoms. The van der Waals surface area contributed by atoms with Gasteiger partial charge in [-0.1, -0.05) is 6.92 Å². The number of nitrogens with zero attached hydrogens (tertiary/aromatic N) is 4. The van der Waals surface area contributed by atoms with Crippen molar-refractivity contribution in [2.75, 3.05) is 0 Å². The molecule has 0 bridgehead atoms. The topological polar surface area (TPSA) is 43.1 Å². The third-order valence-corrected chi connectivity index (χ3v) is 5.03. The molecule has 0 fully saturated rings. The van der Waals surface area contributed by atoms with Crippen molar-refractivity contribution in [3.8, 4) is 0 Å². The molecule has 4 nitrogen and oxygen atoms in total. The number of thiophene rings is 1. The predicted octanol–water partition coefficient (Wildman–Crippen LogP) is 3.12. The van der Waals surface area contributed by atoms with Crippen molar-refractivity contribution in [3.63, 3.8) is 0 Å². The fourth-order valence-corrected chi connectivity index (χ4v) is 4.36. The molecule has 0 aromatic carbocycles. The van der Waals surface area contributed by atoms with E-state index < -0.39 is 0 Å². The van der Waals surface area contributed by atoms with Crippen LogP contribution < -0.4 is 0 Å². The van der Waals surface area contributed by atoms with Crippen LogP contribution in [0.25, 0.3) is 15.9 Å². The van der Waals surface area contributed by atoms with Crippen LogP contribution in [-0.4, -0.2) is 19.6 Å². The van der Waals surface area contributed by atoms with Gasteiger partial charge in [-0.15, -0.1) is 11.3 Å². The lowest BCUT2D eigenvalue weighted by molar-refractivity contribution is 0.509. The fraction of sp³-hybridized carbons (Fsp3) is 0.417. The van der Waals surface area contributed by atoms with Crippen molar-refractivity contribution in [1.29, 1.82) is 0 Å². The molecule has 0 radical (unpaired) electrons. The molecule has 92 valence electrons. The van der Waals surface area contributed by atoms with E-state index >= 15 is 0 Å². The summed E-state index contributed by atoms with van der Waals surface area (Å²) < 4.78 is 1.62. The molecule has 3 aromatic rings. The van der Waals surface area contributed by atoms with Crippen molar-refractivity contribution >= 4 is 38.8 Å². The van der Waals surface area contributed by atoms with Crippen LogP contribution in [0.2, 0.25) is 5.28 Å². The van der Waals surface area contributed by atoms with Crippen molar-refractivity contribution in [2.24, 2.45) is 5.92 Å². The Kier molecular flexibility index (Phi) is 2.17. The summed E-state index contributed by atoms with van der Waals surface area (Å²) in [5.74, 6) is 0.759. The Bertz CT molecular complexity index is 760. The second-order valence-corrected chi connectivity index (χ2v) is 6.33. The number of halogens is 1. The van der Waals surface area contributed by atoms with Gasteiger partial charge in [0.2, 0.25) is 5.28 Å². The average molecular weight is 279 g/mol. The molecule has 1 atom stereocenters. The molecule has 0 unspecified atom stereocenters. The van der Waals surface area contributed by atoms with Gasteiger partial charge in [0, 0.05) is 4.88 Å². The summed E-state index contributed by atoms with van der Waals surface area (Å²) in [5, 5.41) is 5.67. The highest BCUT2D eigenvalue weighted by molar-refractivity contribution is 7.19. The molecular formula is C12H11ClN4S. The minimum Gasteiger partial charge on any atom is -0.214 e. The first-order chi connectivity index (χ1) is 8.74. The molecular weight excluding hydrogens is 268 g/mol. The van der Waals surface area contributed by atoms with Gasteiger partial charge in [0.15, 0.2) is 5.65 Å². The molecule has 0 N–H and O–H groups in total. The maximum Gasteiger partial charge on any atom is 0.227 e. The lowest BCUT2D eigenvalue weighted by Gasteiger charge is -2.17. The predicted molar refractivity (Wildman–Crippen MR) is 72.4 cm³/mol. The Morgan fingerprint density at radius 1 is 1.50 bits per heavy atom. The summed E-state index contributed by atoms with van der Waals surface area (Å²) in [4.78, 5) is 11.2. The lowest BCUT2D eigenvalue weighted by Crippen LogP contribution is -2.08. The Morgan fingerprint density at radius 2 is 2.39 bits per heavy atom. The molecule has 0 aliphatic heterocycles. The molecule has 0 amide bonds. The average Bonchev–Trinajstić information content (AvgIpc) is 2.91. The first-order valence-corrected chi connectivity index (χ1v) is 7.23. The number of aryl methyl sites for hydroxylation is 1. The van der Waals surface area contributed by atoms with E-state index in [1.165, 1.54) is 23.2 Å². The summed E-state index contributed by atoms with van der Waals surface area (Å²) in [5.41, 5.74) is 2.26. The monoisotopic (exact) mass is 278 g/mol. The Balaban J connectivity index is 2.14. The van der Waals surface area contributed by atoms with Crippen LogP contribution in [0.1, 0.15) is 23.8 Å². The quantitative estimate of drug-likeness (QED) is 0.594. The Morgan fingerprint density at radius 3 is 3.28 bits per heavy atom. The van der Waals surface area contributed by atoms with Crippen LogP contribution in [0.3, 0.4) is 0 Å². The number of hydrogen-bond donors (Lipinski definition) is 0. The summed E-state index contributed by atoms with van der Waals surface area (Å²) >= 11 is 7.88. The van der Waals surface area contributed by atoms with E-state index in [1.54, 1.807) is 15.9 Å². The normalized spacial score (nSPS) is 19.6. The van der Waals surface area contributed by atoms with Gasteiger partial charge in [-0.3, -0.25) is 0 Å². The van der Waals surface area contributed by atoms with Crippen molar-refractivity contribution < 1.29 is 0 Å². The maximum atomic E-state index is 6.13. The van der Waals surface area contributed by atoms with Gasteiger partial charge in [-0.05, 0) is 42.3 Å². The summed E-state index contributed by atoms with van der Waals surface area (Å²) in [6.45, 7) is 2.31. The van der Waals surface area contributed by atoms with E-state index in [0.717, 1.165) is 34.6 Å². The van der Waals surface area contributed by atoms with Gasteiger partial charge in [-0.2, -0.15) is 9.61 Å². The molecule has 0 saturated heterocycles. The summed E-state index contributed by atoms with van der Waals surface area (Å²) in [6.07, 6.45) is 5.04. The highest BCUT2D eigenvalue weighted by Crippen LogP contribution is 2.39. The van der Waals surface area contributed by atoms with E-state index in [2.05, 4.69) is 22.0 Å². The SMILES string of the molecule is C[C@H]1CCc2c(sc3nc(Cl)n4ncnc4c23)C1. The largest absolute Gasteiger partial charge is 0.227 e. The zero-order valence-electron chi connectivity index (χ0n) is 9.85. The third kappa shape index (κ3) is 1.34. The first-order valence-electron chi connectivity index (χ1n) is 6.03. The van der Waals surface area contributed by atoms with Crippen molar-refractivity contribution in [1.82, 2.24) is 19.6 Å². The summed E-state index contributed by atoms with van der Waals surface area (Å²) in [6, 6.07) is 0. The van der Waals surface area contributed by atoms with Crippen LogP contribution in [-0.2, 0) is 12.8 Å². The fourth-order valence-electron chi connectivity index (χ4n) is 2.72. The molecule has 1 aliphatic rings. The zero-order valence-corrected chi connectivity index (χ0v) is 11.4. The van der Waals surface area contributed by atoms with Crippen LogP contribution in [0, 0.1) is 5.92 Å². The van der Waals surface area contributed by atoms with Gasteiger partial charge in [0.25, 0.3) is 0 Å². The van der Waals surface area contributed by atoms with Gasteiger partial charge >= 0.3 is 0 Å². The van der Waals surface area contributed by atoms with Gasteiger partial charge < -0.3 is 0 Å². The lowest BCUT2D eigenvalue weighted by atomic mass is 9.89. The molecule has 1 aliphatic carbocycles. The number of hydrogen-bond acceptors (Lipinski definition) is 4. The van der Waals surface area contributed by atoms with E-state index in [0.29, 0.717) is 5.28 Å². The van der Waals surface area contributed by atoms with Crippen LogP contribution in [0.15, 0.2) is 6.33 Å². The summed E-state index contributed by atoms with van der Waals surface area (Å²) in [7, 11) is 0. The standard InChI is InChI=1S/C12H11ClN4S/c1-6-2-3-7-8(4-6)18-11-9(7)10-14-5-15-17(10)12(13)16-11/h5-6H,2-4H2,1H3/t6-/m0/s1. The molecule has 3 aromatic heterocycles. The van der Waals surface area contributed by atoms with Gasteiger partial charge in [-0.25, -0.2) is 9.97 Å². The molecule has 0 spiro atoms. The number of rotatable bonds is 0. The Hall–Kier alpha value is -1.20. The van der Waals surface area contributed by atoms with Gasteiger partial charge in [0.1, 0.15) is 11.2 Å². The highest BCUT2D eigenvalue weighted by atomic mass is 35.5. The molecule has 3 heterocycles. The van der Waals surface area contributed by atoms with Crippen molar-refractivity contribution in [3.05, 3.63) is 22.1 Å². The van der Waals surface area contributed by atoms with Crippen LogP contribution in [0.5, 0.6) is 0 Å². The molecule has 6 heteroatoms. The second kappa shape index (κ2) is 3.65. The van der Waals surface area contributed by atoms with E-state index in [4.69, 9.17) is 11.6 Å². The third-order valence-electron chi connectivity index (χ3n) is 3.63. The Labute approximate surface area is 113 Å². The van der Waals surface area contributed by atoms with Crippen LogP contribution >= 0.6 is 22.9 Å². The van der Waals surface area contributed by atoms with Crippen molar-refractivity contribution in [2.45, 2.75) is 26.2 Å². The highest BCUT2D eigenvalue weighted by Gasteiger charge is 2.23. The molecule has 0 saturated carbocycles. The van der Waals surface area contributed by atoms with E-state index in [1.807, 2.05) is 0 Å².